The van der Waals surface area contributed by atoms with Crippen LogP contribution in [0.5, 0.6) is 0 Å². The first-order valence-electron chi connectivity index (χ1n) is 8.56. The van der Waals surface area contributed by atoms with E-state index >= 15 is 0 Å². The smallest absolute Gasteiger partial charge is 0.268 e. The van der Waals surface area contributed by atoms with E-state index in [1.165, 1.54) is 17.4 Å². The maximum absolute atomic E-state index is 12.4. The number of anilines is 1. The van der Waals surface area contributed by atoms with E-state index < -0.39 is 5.91 Å². The monoisotopic (exact) mass is 412 g/mol. The molecular weight excluding hydrogens is 396 g/mol. The van der Waals surface area contributed by atoms with Crippen molar-refractivity contribution in [3.8, 4) is 17.4 Å². The molecule has 0 atom stereocenters. The summed E-state index contributed by atoms with van der Waals surface area (Å²) in [5.41, 5.74) is 0.717. The molecule has 0 saturated heterocycles. The predicted molar refractivity (Wildman–Crippen MR) is 110 cm³/mol. The van der Waals surface area contributed by atoms with Crippen molar-refractivity contribution in [2.24, 2.45) is 5.92 Å². The molecule has 0 fully saturated rings. The highest BCUT2D eigenvalue weighted by atomic mass is 35.5. The van der Waals surface area contributed by atoms with Gasteiger partial charge in [0.1, 0.15) is 28.2 Å². The van der Waals surface area contributed by atoms with E-state index in [1.54, 1.807) is 24.3 Å². The number of benzene rings is 1. The number of halogens is 1. The average molecular weight is 413 g/mol. The zero-order valence-corrected chi connectivity index (χ0v) is 16.8. The maximum Gasteiger partial charge on any atom is 0.268 e. The van der Waals surface area contributed by atoms with E-state index in [-0.39, 0.29) is 5.57 Å². The summed E-state index contributed by atoms with van der Waals surface area (Å²) in [6, 6.07) is 12.6. The second-order valence-electron chi connectivity index (χ2n) is 6.44. The zero-order chi connectivity index (χ0) is 20.1. The molecule has 2 heterocycles. The Bertz CT molecular complexity index is 1060. The van der Waals surface area contributed by atoms with E-state index in [0.29, 0.717) is 27.6 Å². The summed E-state index contributed by atoms with van der Waals surface area (Å²) in [6.07, 6.45) is 2.17. The van der Waals surface area contributed by atoms with E-state index in [9.17, 15) is 10.1 Å². The van der Waals surface area contributed by atoms with Crippen LogP contribution >= 0.6 is 22.9 Å². The molecule has 0 unspecified atom stereocenters. The molecule has 0 aliphatic rings. The molecule has 2 aromatic heterocycles. The minimum atomic E-state index is -0.560. The van der Waals surface area contributed by atoms with Gasteiger partial charge in [-0.05, 0) is 30.2 Å². The lowest BCUT2D eigenvalue weighted by Crippen LogP contribution is -2.13. The third-order valence-corrected chi connectivity index (χ3v) is 4.75. The third kappa shape index (κ3) is 5.06. The Kier molecular flexibility index (Phi) is 6.24. The molecule has 1 aromatic carbocycles. The average Bonchev–Trinajstić information content (AvgIpc) is 3.28. The number of amides is 1. The number of nitrogens with one attached hydrogen (secondary N) is 1. The van der Waals surface area contributed by atoms with Gasteiger partial charge < -0.3 is 4.42 Å². The molecule has 1 amide bonds. The van der Waals surface area contributed by atoms with E-state index in [0.717, 1.165) is 17.0 Å². The molecule has 0 bridgehead atoms. The van der Waals surface area contributed by atoms with Crippen molar-refractivity contribution in [2.75, 3.05) is 5.32 Å². The quantitative estimate of drug-likeness (QED) is 0.444. The molecule has 6 nitrogen and oxygen atoms in total. The van der Waals surface area contributed by atoms with E-state index in [2.05, 4.69) is 29.4 Å². The highest BCUT2D eigenvalue weighted by Crippen LogP contribution is 2.26. The topological polar surface area (TPSA) is 91.8 Å². The summed E-state index contributed by atoms with van der Waals surface area (Å²) in [5, 5.41) is 21.7. The van der Waals surface area contributed by atoms with Crippen LogP contribution in [0.4, 0.5) is 5.13 Å². The van der Waals surface area contributed by atoms with Gasteiger partial charge in [-0.1, -0.05) is 48.9 Å². The fourth-order valence-electron chi connectivity index (χ4n) is 2.42. The van der Waals surface area contributed by atoms with Gasteiger partial charge in [-0.25, -0.2) is 0 Å². The van der Waals surface area contributed by atoms with Gasteiger partial charge in [-0.15, -0.1) is 10.2 Å². The van der Waals surface area contributed by atoms with Gasteiger partial charge in [0.05, 0.1) is 0 Å². The van der Waals surface area contributed by atoms with Gasteiger partial charge >= 0.3 is 0 Å². The van der Waals surface area contributed by atoms with Gasteiger partial charge in [0.25, 0.3) is 5.91 Å². The molecule has 0 spiro atoms. The van der Waals surface area contributed by atoms with Crippen molar-refractivity contribution >= 4 is 40.1 Å². The minimum absolute atomic E-state index is 0.0902. The highest BCUT2D eigenvalue weighted by molar-refractivity contribution is 7.15. The summed E-state index contributed by atoms with van der Waals surface area (Å²) >= 11 is 7.30. The third-order valence-electron chi connectivity index (χ3n) is 3.66. The number of furan rings is 1. The minimum Gasteiger partial charge on any atom is -0.457 e. The Balaban J connectivity index is 1.74. The van der Waals surface area contributed by atoms with Crippen LogP contribution in [0.25, 0.3) is 17.4 Å². The lowest BCUT2D eigenvalue weighted by Gasteiger charge is -1.99. The number of hydrogen-bond acceptors (Lipinski definition) is 6. The van der Waals surface area contributed by atoms with Gasteiger partial charge in [-0.2, -0.15) is 5.26 Å². The van der Waals surface area contributed by atoms with Crippen molar-refractivity contribution in [3.05, 3.63) is 57.8 Å². The maximum atomic E-state index is 12.4. The molecule has 0 saturated carbocycles. The Labute approximate surface area is 171 Å². The molecule has 0 aliphatic carbocycles. The second-order valence-corrected chi connectivity index (χ2v) is 7.93. The van der Waals surface area contributed by atoms with Crippen molar-refractivity contribution in [2.45, 2.75) is 20.3 Å². The van der Waals surface area contributed by atoms with Crippen LogP contribution in [0.1, 0.15) is 24.6 Å². The number of nitriles is 1. The molecule has 0 aliphatic heterocycles. The molecule has 3 aromatic rings. The van der Waals surface area contributed by atoms with Crippen molar-refractivity contribution in [1.29, 1.82) is 5.26 Å². The molecule has 0 radical (unpaired) electrons. The number of aromatic nitrogens is 2. The van der Waals surface area contributed by atoms with Crippen molar-refractivity contribution < 1.29 is 9.21 Å². The predicted octanol–water partition coefficient (Wildman–Crippen LogP) is 5.20. The molecule has 28 heavy (non-hydrogen) atoms. The molecule has 1 N–H and O–H groups in total. The first kappa shape index (κ1) is 19.8. The lowest BCUT2D eigenvalue weighted by atomic mass is 10.1. The Morgan fingerprint density at radius 1 is 1.36 bits per heavy atom. The molecule has 142 valence electrons. The standard InChI is InChI=1S/C20H17ClN4O2S/c1-12(2)8-18-24-25-20(28-18)23-19(26)14(11-22)10-16-6-7-17(27-16)13-4-3-5-15(21)9-13/h3-7,9-10,12H,8H2,1-2H3,(H,23,25,26)/b14-10-. The van der Waals surface area contributed by atoms with Crippen LogP contribution < -0.4 is 5.32 Å². The summed E-state index contributed by atoms with van der Waals surface area (Å²) < 4.78 is 5.71. The normalized spacial score (nSPS) is 11.5. The number of hydrogen-bond donors (Lipinski definition) is 1. The fraction of sp³-hybridized carbons (Fsp3) is 0.200. The van der Waals surface area contributed by atoms with Gasteiger partial charge in [-0.3, -0.25) is 10.1 Å². The van der Waals surface area contributed by atoms with Crippen LogP contribution in [-0.4, -0.2) is 16.1 Å². The number of nitrogens with zero attached hydrogens (tertiary/aromatic N) is 3. The fourth-order valence-corrected chi connectivity index (χ4v) is 3.56. The molecule has 3 rings (SSSR count). The van der Waals surface area contributed by atoms with Crippen molar-refractivity contribution in [3.63, 3.8) is 0 Å². The van der Waals surface area contributed by atoms with Crippen LogP contribution in [0.2, 0.25) is 5.02 Å². The zero-order valence-electron chi connectivity index (χ0n) is 15.3. The summed E-state index contributed by atoms with van der Waals surface area (Å²) in [6.45, 7) is 4.16. The number of rotatable bonds is 6. The number of carbonyl (C=O) groups is 1. The van der Waals surface area contributed by atoms with Crippen LogP contribution in [0, 0.1) is 17.2 Å². The van der Waals surface area contributed by atoms with Gasteiger partial charge in [0, 0.05) is 23.1 Å². The Morgan fingerprint density at radius 3 is 2.89 bits per heavy atom. The van der Waals surface area contributed by atoms with Crippen molar-refractivity contribution in [1.82, 2.24) is 10.2 Å². The summed E-state index contributed by atoms with van der Waals surface area (Å²) in [5.74, 6) is 0.863. The van der Waals surface area contributed by atoms with Crippen LogP contribution in [0.15, 0.2) is 46.4 Å². The first-order valence-corrected chi connectivity index (χ1v) is 9.75. The summed E-state index contributed by atoms with van der Waals surface area (Å²) in [4.78, 5) is 12.4. The molecule has 8 heteroatoms. The van der Waals surface area contributed by atoms with Gasteiger partial charge in [0.2, 0.25) is 5.13 Å². The van der Waals surface area contributed by atoms with Crippen LogP contribution in [-0.2, 0) is 11.2 Å². The van der Waals surface area contributed by atoms with Gasteiger partial charge in [0.15, 0.2) is 0 Å². The van der Waals surface area contributed by atoms with E-state index in [4.69, 9.17) is 16.0 Å². The second kappa shape index (κ2) is 8.83. The number of carbonyl (C=O) groups excluding carboxylic acids is 1. The SMILES string of the molecule is CC(C)Cc1nnc(NC(=O)/C(C#N)=C\c2ccc(-c3cccc(Cl)c3)o2)s1. The Hall–Kier alpha value is -2.95. The lowest BCUT2D eigenvalue weighted by molar-refractivity contribution is -0.112. The molecular formula is C20H17ClN4O2S. The summed E-state index contributed by atoms with van der Waals surface area (Å²) in [7, 11) is 0. The van der Waals surface area contributed by atoms with Crippen LogP contribution in [0.3, 0.4) is 0 Å². The Morgan fingerprint density at radius 2 is 2.18 bits per heavy atom. The highest BCUT2D eigenvalue weighted by Gasteiger charge is 2.14. The first-order chi connectivity index (χ1) is 13.4. The van der Waals surface area contributed by atoms with E-state index in [1.807, 2.05) is 18.2 Å². The largest absolute Gasteiger partial charge is 0.457 e.